The molecule has 2 aromatic rings. The predicted octanol–water partition coefficient (Wildman–Crippen LogP) is 5.36. The molecule has 0 spiro atoms. The molecule has 0 unspecified atom stereocenters. The summed E-state index contributed by atoms with van der Waals surface area (Å²) in [6, 6.07) is 21.0. The monoisotopic (exact) mass is 296 g/mol. The van der Waals surface area contributed by atoms with Crippen LogP contribution in [0.3, 0.4) is 0 Å². The van der Waals surface area contributed by atoms with Gasteiger partial charge in [0.15, 0.2) is 8.32 Å². The van der Waals surface area contributed by atoms with E-state index in [9.17, 15) is 0 Å². The van der Waals surface area contributed by atoms with Crippen molar-refractivity contribution < 1.29 is 4.43 Å². The average Bonchev–Trinajstić information content (AvgIpc) is 2.47. The Bertz CT molecular complexity index is 530. The second-order valence-electron chi connectivity index (χ2n) is 6.27. The highest BCUT2D eigenvalue weighted by atomic mass is 28.4. The fourth-order valence-corrected chi connectivity index (χ4v) is 4.07. The minimum absolute atomic E-state index is 0.436. The molecule has 0 aliphatic rings. The fraction of sp³-hybridized carbons (Fsp3) is 0.263. The van der Waals surface area contributed by atoms with E-state index in [0.717, 1.165) is 6.42 Å². The van der Waals surface area contributed by atoms with E-state index in [1.165, 1.54) is 11.1 Å². The molecule has 0 atom stereocenters. The lowest BCUT2D eigenvalue weighted by Gasteiger charge is -2.40. The number of hydrogen-bond donors (Lipinski definition) is 0. The summed E-state index contributed by atoms with van der Waals surface area (Å²) >= 11 is 0. The lowest BCUT2D eigenvalue weighted by Crippen LogP contribution is -2.41. The Labute approximate surface area is 129 Å². The third-order valence-corrected chi connectivity index (χ3v) is 4.35. The maximum Gasteiger partial charge on any atom is 0.185 e. The Hall–Kier alpha value is -1.64. The van der Waals surface area contributed by atoms with Gasteiger partial charge in [-0.15, -0.1) is 6.58 Å². The third kappa shape index (κ3) is 3.72. The molecule has 21 heavy (non-hydrogen) atoms. The highest BCUT2D eigenvalue weighted by molar-refractivity contribution is 6.69. The van der Waals surface area contributed by atoms with E-state index in [-0.39, 0.29) is 0 Å². The van der Waals surface area contributed by atoms with Crippen LogP contribution < -0.4 is 0 Å². The van der Waals surface area contributed by atoms with Crippen molar-refractivity contribution in [1.82, 2.24) is 0 Å². The minimum atomic E-state index is -1.74. The van der Waals surface area contributed by atoms with Crippen LogP contribution in [0, 0.1) is 0 Å². The van der Waals surface area contributed by atoms with Crippen LogP contribution in [0.4, 0.5) is 0 Å². The van der Waals surface area contributed by atoms with Gasteiger partial charge in [-0.1, -0.05) is 66.7 Å². The molecule has 0 saturated heterocycles. The van der Waals surface area contributed by atoms with Crippen LogP contribution in [-0.4, -0.2) is 8.32 Å². The van der Waals surface area contributed by atoms with Gasteiger partial charge in [0.25, 0.3) is 0 Å². The second kappa shape index (κ2) is 6.42. The Morgan fingerprint density at radius 2 is 1.33 bits per heavy atom. The van der Waals surface area contributed by atoms with Gasteiger partial charge in [-0.05, 0) is 30.8 Å². The summed E-state index contributed by atoms with van der Waals surface area (Å²) < 4.78 is 6.71. The maximum absolute atomic E-state index is 6.71. The molecule has 0 bridgehead atoms. The Morgan fingerprint density at radius 3 is 1.67 bits per heavy atom. The van der Waals surface area contributed by atoms with E-state index < -0.39 is 13.9 Å². The quantitative estimate of drug-likeness (QED) is 0.515. The van der Waals surface area contributed by atoms with E-state index in [4.69, 9.17) is 4.43 Å². The van der Waals surface area contributed by atoms with Gasteiger partial charge >= 0.3 is 0 Å². The van der Waals surface area contributed by atoms with Crippen LogP contribution in [-0.2, 0) is 10.0 Å². The van der Waals surface area contributed by atoms with E-state index in [2.05, 4.69) is 74.8 Å². The first kappa shape index (κ1) is 15.7. The topological polar surface area (TPSA) is 9.23 Å². The SMILES string of the molecule is C=CCC(O[Si](C)(C)C)(c1ccccc1)c1ccccc1. The van der Waals surface area contributed by atoms with Gasteiger partial charge < -0.3 is 4.43 Å². The standard InChI is InChI=1S/C19H24OSi/c1-5-16-19(20-21(2,3)4,17-12-8-6-9-13-17)18-14-10-7-11-15-18/h5-15H,1,16H2,2-4H3. The molecule has 1 nitrogen and oxygen atoms in total. The molecule has 0 aliphatic heterocycles. The molecule has 2 heteroatoms. The van der Waals surface area contributed by atoms with Gasteiger partial charge in [-0.3, -0.25) is 0 Å². The molecule has 2 rings (SSSR count). The molecule has 0 aromatic heterocycles. The smallest absolute Gasteiger partial charge is 0.185 e. The molecule has 0 heterocycles. The van der Waals surface area contributed by atoms with E-state index in [1.54, 1.807) is 0 Å². The van der Waals surface area contributed by atoms with Crippen LogP contribution in [0.15, 0.2) is 73.3 Å². The minimum Gasteiger partial charge on any atom is -0.404 e. The predicted molar refractivity (Wildman–Crippen MR) is 92.9 cm³/mol. The highest BCUT2D eigenvalue weighted by Gasteiger charge is 2.38. The fourth-order valence-electron chi connectivity index (χ4n) is 2.70. The summed E-state index contributed by atoms with van der Waals surface area (Å²) in [4.78, 5) is 0. The van der Waals surface area contributed by atoms with Crippen molar-refractivity contribution in [3.8, 4) is 0 Å². The molecule has 110 valence electrons. The molecular weight excluding hydrogens is 272 g/mol. The van der Waals surface area contributed by atoms with Gasteiger partial charge in [0.05, 0.1) is 0 Å². The van der Waals surface area contributed by atoms with Gasteiger partial charge in [0.1, 0.15) is 5.60 Å². The van der Waals surface area contributed by atoms with Crippen LogP contribution in [0.1, 0.15) is 17.5 Å². The van der Waals surface area contributed by atoms with Crippen molar-refractivity contribution in [2.24, 2.45) is 0 Å². The zero-order valence-corrected chi connectivity index (χ0v) is 14.2. The Balaban J connectivity index is 2.63. The van der Waals surface area contributed by atoms with Crippen LogP contribution in [0.5, 0.6) is 0 Å². The van der Waals surface area contributed by atoms with Crippen molar-refractivity contribution in [2.75, 3.05) is 0 Å². The van der Waals surface area contributed by atoms with Gasteiger partial charge in [-0.2, -0.15) is 0 Å². The summed E-state index contributed by atoms with van der Waals surface area (Å²) in [5.41, 5.74) is 1.95. The van der Waals surface area contributed by atoms with Crippen molar-refractivity contribution in [3.05, 3.63) is 84.4 Å². The number of benzene rings is 2. The van der Waals surface area contributed by atoms with Crippen LogP contribution >= 0.6 is 0 Å². The van der Waals surface area contributed by atoms with Crippen molar-refractivity contribution in [2.45, 2.75) is 31.7 Å². The van der Waals surface area contributed by atoms with Gasteiger partial charge in [0.2, 0.25) is 0 Å². The lowest BCUT2D eigenvalue weighted by molar-refractivity contribution is 0.105. The molecule has 0 N–H and O–H groups in total. The number of hydrogen-bond acceptors (Lipinski definition) is 1. The molecule has 2 aromatic carbocycles. The Morgan fingerprint density at radius 1 is 0.905 bits per heavy atom. The molecule has 0 radical (unpaired) electrons. The number of rotatable bonds is 6. The molecule has 0 saturated carbocycles. The molecule has 0 amide bonds. The van der Waals surface area contributed by atoms with Crippen LogP contribution in [0.25, 0.3) is 0 Å². The summed E-state index contributed by atoms with van der Waals surface area (Å²) in [5, 5.41) is 0. The summed E-state index contributed by atoms with van der Waals surface area (Å²) in [6.07, 6.45) is 2.73. The molecular formula is C19H24OSi. The van der Waals surface area contributed by atoms with Crippen molar-refractivity contribution in [1.29, 1.82) is 0 Å². The van der Waals surface area contributed by atoms with Gasteiger partial charge in [-0.25, -0.2) is 0 Å². The highest BCUT2D eigenvalue weighted by Crippen LogP contribution is 2.39. The maximum atomic E-state index is 6.71. The largest absolute Gasteiger partial charge is 0.404 e. The lowest BCUT2D eigenvalue weighted by atomic mass is 9.84. The first-order valence-corrected chi connectivity index (χ1v) is 10.8. The summed E-state index contributed by atoms with van der Waals surface area (Å²) in [5.74, 6) is 0. The van der Waals surface area contributed by atoms with E-state index in [1.807, 2.05) is 18.2 Å². The Kier molecular flexibility index (Phi) is 4.81. The average molecular weight is 296 g/mol. The second-order valence-corrected chi connectivity index (χ2v) is 10.7. The van der Waals surface area contributed by atoms with Crippen molar-refractivity contribution >= 4 is 8.32 Å². The van der Waals surface area contributed by atoms with Gasteiger partial charge in [0, 0.05) is 6.42 Å². The van der Waals surface area contributed by atoms with E-state index in [0.29, 0.717) is 0 Å². The molecule has 0 fully saturated rings. The summed E-state index contributed by atoms with van der Waals surface area (Å²) in [6.45, 7) is 10.7. The third-order valence-electron chi connectivity index (χ3n) is 3.39. The summed E-state index contributed by atoms with van der Waals surface area (Å²) in [7, 11) is -1.74. The molecule has 0 aliphatic carbocycles. The van der Waals surface area contributed by atoms with Crippen LogP contribution in [0.2, 0.25) is 19.6 Å². The zero-order valence-electron chi connectivity index (χ0n) is 13.2. The zero-order chi connectivity index (χ0) is 15.3. The van der Waals surface area contributed by atoms with E-state index >= 15 is 0 Å². The first-order valence-electron chi connectivity index (χ1n) is 7.40. The first-order chi connectivity index (χ1) is 9.98. The van der Waals surface area contributed by atoms with Crippen molar-refractivity contribution in [3.63, 3.8) is 0 Å². The normalized spacial score (nSPS) is 12.1.